The van der Waals surface area contributed by atoms with Gasteiger partial charge >= 0.3 is 0 Å². The molecule has 1 unspecified atom stereocenters. The number of benzene rings is 2. The van der Waals surface area contributed by atoms with Crippen LogP contribution in [0.1, 0.15) is 30.0 Å². The second-order valence-corrected chi connectivity index (χ2v) is 7.60. The van der Waals surface area contributed by atoms with Gasteiger partial charge in [0.05, 0.1) is 13.5 Å². The van der Waals surface area contributed by atoms with E-state index < -0.39 is 0 Å². The first-order valence-corrected chi connectivity index (χ1v) is 9.69. The average Bonchev–Trinajstić information content (AvgIpc) is 3.12. The lowest BCUT2D eigenvalue weighted by atomic mass is 9.94. The number of aromatic nitrogens is 1. The Balaban J connectivity index is 1.45. The van der Waals surface area contributed by atoms with E-state index in [1.54, 1.807) is 7.11 Å². The fourth-order valence-corrected chi connectivity index (χ4v) is 4.01. The Hall–Kier alpha value is -2.46. The second kappa shape index (κ2) is 7.65. The Labute approximate surface area is 164 Å². The molecule has 1 fully saturated rings. The zero-order valence-electron chi connectivity index (χ0n) is 15.4. The van der Waals surface area contributed by atoms with Crippen LogP contribution in [-0.2, 0) is 11.2 Å². The molecule has 0 saturated carbocycles. The molecule has 27 heavy (non-hydrogen) atoms. The zero-order chi connectivity index (χ0) is 18.8. The van der Waals surface area contributed by atoms with Crippen LogP contribution in [0.5, 0.6) is 5.75 Å². The molecule has 2 aromatic carbocycles. The van der Waals surface area contributed by atoms with Crippen molar-refractivity contribution in [2.24, 2.45) is 0 Å². The van der Waals surface area contributed by atoms with Crippen LogP contribution < -0.4 is 4.74 Å². The lowest BCUT2D eigenvalue weighted by Gasteiger charge is -2.32. The minimum atomic E-state index is 0.184. The molecule has 4 rings (SSSR count). The molecule has 3 aromatic rings. The molecule has 0 bridgehead atoms. The molecule has 0 aliphatic carbocycles. The van der Waals surface area contributed by atoms with E-state index in [4.69, 9.17) is 16.3 Å². The minimum Gasteiger partial charge on any atom is -0.497 e. The van der Waals surface area contributed by atoms with E-state index in [1.165, 1.54) is 5.69 Å². The normalized spacial score (nSPS) is 17.3. The first kappa shape index (κ1) is 17.9. The zero-order valence-corrected chi connectivity index (χ0v) is 16.1. The van der Waals surface area contributed by atoms with Gasteiger partial charge in [0.15, 0.2) is 0 Å². The van der Waals surface area contributed by atoms with Gasteiger partial charge in [0.2, 0.25) is 5.91 Å². The third-order valence-electron chi connectivity index (χ3n) is 5.33. The van der Waals surface area contributed by atoms with Crippen LogP contribution in [0.25, 0.3) is 10.9 Å². The summed E-state index contributed by atoms with van der Waals surface area (Å²) in [5.41, 5.74) is 3.30. The highest BCUT2D eigenvalue weighted by Gasteiger charge is 2.25. The fraction of sp³-hybridized carbons (Fsp3) is 0.318. The predicted molar refractivity (Wildman–Crippen MR) is 109 cm³/mol. The topological polar surface area (TPSA) is 45.3 Å². The molecule has 1 amide bonds. The maximum absolute atomic E-state index is 12.8. The van der Waals surface area contributed by atoms with Crippen molar-refractivity contribution >= 4 is 28.4 Å². The summed E-state index contributed by atoms with van der Waals surface area (Å²) in [4.78, 5) is 18.3. The van der Waals surface area contributed by atoms with E-state index in [-0.39, 0.29) is 5.91 Å². The summed E-state index contributed by atoms with van der Waals surface area (Å²) in [5, 5.41) is 1.87. The standard InChI is InChI=1S/C22H23ClN2O2/c1-27-19-7-4-15(5-8-19)11-22(26)25-10-2-3-16(14-25)21-13-17-12-18(23)6-9-20(17)24-21/h4-9,12-13,16,24H,2-3,10-11,14H2,1H3. The van der Waals surface area contributed by atoms with Crippen LogP contribution in [-0.4, -0.2) is 36.0 Å². The van der Waals surface area contributed by atoms with Gasteiger partial charge < -0.3 is 14.6 Å². The molecule has 1 aromatic heterocycles. The number of hydrogen-bond acceptors (Lipinski definition) is 2. The molecule has 1 aliphatic rings. The predicted octanol–water partition coefficient (Wildman–Crippen LogP) is 4.78. The fourth-order valence-electron chi connectivity index (χ4n) is 3.83. The number of halogens is 1. The second-order valence-electron chi connectivity index (χ2n) is 7.16. The van der Waals surface area contributed by atoms with Gasteiger partial charge in [-0.3, -0.25) is 4.79 Å². The van der Waals surface area contributed by atoms with Gasteiger partial charge in [-0.15, -0.1) is 0 Å². The smallest absolute Gasteiger partial charge is 0.227 e. The van der Waals surface area contributed by atoms with Gasteiger partial charge in [-0.1, -0.05) is 23.7 Å². The van der Waals surface area contributed by atoms with Crippen molar-refractivity contribution in [1.82, 2.24) is 9.88 Å². The molecule has 2 heterocycles. The number of aromatic amines is 1. The quantitative estimate of drug-likeness (QED) is 0.705. The van der Waals surface area contributed by atoms with E-state index in [0.29, 0.717) is 12.3 Å². The summed E-state index contributed by atoms with van der Waals surface area (Å²) >= 11 is 6.10. The number of likely N-dealkylation sites (tertiary alicyclic amines) is 1. The van der Waals surface area contributed by atoms with Gasteiger partial charge in [0, 0.05) is 40.6 Å². The van der Waals surface area contributed by atoms with Crippen LogP contribution in [0.2, 0.25) is 5.02 Å². The van der Waals surface area contributed by atoms with Crippen LogP contribution in [0.4, 0.5) is 0 Å². The molecule has 1 saturated heterocycles. The third-order valence-corrected chi connectivity index (χ3v) is 5.57. The Bertz CT molecular complexity index is 949. The van der Waals surface area contributed by atoms with Crippen molar-refractivity contribution in [3.8, 4) is 5.75 Å². The van der Waals surface area contributed by atoms with Gasteiger partial charge in [-0.25, -0.2) is 0 Å². The molecule has 1 aliphatic heterocycles. The van der Waals surface area contributed by atoms with Crippen molar-refractivity contribution in [1.29, 1.82) is 0 Å². The summed E-state index contributed by atoms with van der Waals surface area (Å²) in [5.74, 6) is 1.33. The lowest BCUT2D eigenvalue weighted by Crippen LogP contribution is -2.40. The number of methoxy groups -OCH3 is 1. The van der Waals surface area contributed by atoms with E-state index in [2.05, 4.69) is 11.1 Å². The SMILES string of the molecule is COc1ccc(CC(=O)N2CCCC(c3cc4cc(Cl)ccc4[nH]3)C2)cc1. The highest BCUT2D eigenvalue weighted by atomic mass is 35.5. The number of carbonyl (C=O) groups is 1. The summed E-state index contributed by atoms with van der Waals surface area (Å²) in [6.07, 6.45) is 2.54. The van der Waals surface area contributed by atoms with Crippen molar-refractivity contribution in [3.05, 3.63) is 64.8 Å². The Morgan fingerprint density at radius 1 is 1.22 bits per heavy atom. The number of rotatable bonds is 4. The molecular weight excluding hydrogens is 360 g/mol. The van der Waals surface area contributed by atoms with Crippen molar-refractivity contribution in [2.75, 3.05) is 20.2 Å². The van der Waals surface area contributed by atoms with Gasteiger partial charge in [0.25, 0.3) is 0 Å². The molecule has 0 spiro atoms. The Morgan fingerprint density at radius 3 is 2.81 bits per heavy atom. The first-order chi connectivity index (χ1) is 13.1. The number of nitrogens with one attached hydrogen (secondary N) is 1. The summed E-state index contributed by atoms with van der Waals surface area (Å²) in [7, 11) is 1.64. The number of fused-ring (bicyclic) bond motifs is 1. The van der Waals surface area contributed by atoms with E-state index in [1.807, 2.05) is 47.4 Å². The van der Waals surface area contributed by atoms with Crippen molar-refractivity contribution in [3.63, 3.8) is 0 Å². The van der Waals surface area contributed by atoms with E-state index in [9.17, 15) is 4.79 Å². The summed E-state index contributed by atoms with van der Waals surface area (Å²) in [6, 6.07) is 15.8. The number of H-pyrrole nitrogens is 1. The van der Waals surface area contributed by atoms with E-state index >= 15 is 0 Å². The van der Waals surface area contributed by atoms with Crippen LogP contribution in [0.3, 0.4) is 0 Å². The molecule has 5 heteroatoms. The summed E-state index contributed by atoms with van der Waals surface area (Å²) in [6.45, 7) is 1.59. The van der Waals surface area contributed by atoms with Gasteiger partial charge in [-0.05, 0) is 54.8 Å². The van der Waals surface area contributed by atoms with Gasteiger partial charge in [0.1, 0.15) is 5.75 Å². The molecule has 140 valence electrons. The number of hydrogen-bond donors (Lipinski definition) is 1. The molecular formula is C22H23ClN2O2. The highest BCUT2D eigenvalue weighted by Crippen LogP contribution is 2.30. The number of carbonyl (C=O) groups excluding carboxylic acids is 1. The Morgan fingerprint density at radius 2 is 2.04 bits per heavy atom. The number of ether oxygens (including phenoxy) is 1. The van der Waals surface area contributed by atoms with Crippen molar-refractivity contribution < 1.29 is 9.53 Å². The number of nitrogens with zero attached hydrogens (tertiary/aromatic N) is 1. The lowest BCUT2D eigenvalue weighted by molar-refractivity contribution is -0.131. The highest BCUT2D eigenvalue weighted by molar-refractivity contribution is 6.31. The molecule has 0 radical (unpaired) electrons. The van der Waals surface area contributed by atoms with E-state index in [0.717, 1.165) is 53.2 Å². The largest absolute Gasteiger partial charge is 0.497 e. The maximum atomic E-state index is 12.8. The monoisotopic (exact) mass is 382 g/mol. The Kier molecular flexibility index (Phi) is 5.08. The minimum absolute atomic E-state index is 0.184. The molecule has 1 atom stereocenters. The molecule has 1 N–H and O–H groups in total. The average molecular weight is 383 g/mol. The van der Waals surface area contributed by atoms with Crippen LogP contribution in [0, 0.1) is 0 Å². The van der Waals surface area contributed by atoms with Crippen LogP contribution >= 0.6 is 11.6 Å². The molecule has 4 nitrogen and oxygen atoms in total. The number of amides is 1. The van der Waals surface area contributed by atoms with Gasteiger partial charge in [-0.2, -0.15) is 0 Å². The maximum Gasteiger partial charge on any atom is 0.227 e. The summed E-state index contributed by atoms with van der Waals surface area (Å²) < 4.78 is 5.18. The van der Waals surface area contributed by atoms with Crippen LogP contribution in [0.15, 0.2) is 48.5 Å². The first-order valence-electron chi connectivity index (χ1n) is 9.31. The van der Waals surface area contributed by atoms with Crippen molar-refractivity contribution in [2.45, 2.75) is 25.2 Å². The number of piperidine rings is 1. The third kappa shape index (κ3) is 3.96.